The lowest BCUT2D eigenvalue weighted by molar-refractivity contribution is -0.384. The molecule has 0 spiro atoms. The minimum absolute atomic E-state index is 0.0817. The first-order chi connectivity index (χ1) is 13.1. The quantitative estimate of drug-likeness (QED) is 0.328. The number of aromatic nitrogens is 2. The molecule has 1 aliphatic heterocycles. The van der Waals surface area contributed by atoms with Gasteiger partial charge in [0, 0.05) is 35.7 Å². The second kappa shape index (κ2) is 7.82. The van der Waals surface area contributed by atoms with E-state index in [1.807, 2.05) is 6.07 Å². The van der Waals surface area contributed by atoms with Gasteiger partial charge in [-0.2, -0.15) is 4.98 Å². The molecule has 4 rings (SSSR count). The molecule has 2 aromatic rings. The third-order valence-corrected chi connectivity index (χ3v) is 6.20. The third kappa shape index (κ3) is 3.91. The molecule has 142 valence electrons. The van der Waals surface area contributed by atoms with Gasteiger partial charge in [-0.3, -0.25) is 14.7 Å². The van der Waals surface area contributed by atoms with E-state index >= 15 is 0 Å². The van der Waals surface area contributed by atoms with Crippen molar-refractivity contribution in [2.75, 3.05) is 6.61 Å². The minimum atomic E-state index is -0.392. The summed E-state index contributed by atoms with van der Waals surface area (Å²) in [4.78, 5) is 27.5. The summed E-state index contributed by atoms with van der Waals surface area (Å²) in [7, 11) is 0. The van der Waals surface area contributed by atoms with Crippen LogP contribution in [0.5, 0.6) is 0 Å². The first-order valence-electron chi connectivity index (χ1n) is 9.22. The van der Waals surface area contributed by atoms with Gasteiger partial charge in [0.1, 0.15) is 5.03 Å². The molecule has 0 bridgehead atoms. The number of thioether (sulfide) groups is 1. The zero-order valence-electron chi connectivity index (χ0n) is 14.9. The molecule has 27 heavy (non-hydrogen) atoms. The largest absolute Gasteiger partial charge is 0.376 e. The Kier molecular flexibility index (Phi) is 5.27. The van der Waals surface area contributed by atoms with Crippen LogP contribution >= 0.6 is 11.8 Å². The van der Waals surface area contributed by atoms with Crippen molar-refractivity contribution in [3.05, 3.63) is 61.7 Å². The van der Waals surface area contributed by atoms with Crippen LogP contribution < -0.4 is 5.69 Å². The zero-order valence-corrected chi connectivity index (χ0v) is 15.7. The molecule has 0 N–H and O–H groups in total. The first-order valence-corrected chi connectivity index (χ1v) is 10.2. The fourth-order valence-electron chi connectivity index (χ4n) is 3.80. The standard InChI is InChI=1S/C19H21N3O4S/c23-19-20-18(27-12-13-4-1-5-14(10-13)22(24)25)16-7-2-8-17(16)21(19)11-15-6-3-9-26-15/h1,4-5,10,15H,2-3,6-9,11-12H2/t15-/m0/s1. The van der Waals surface area contributed by atoms with Gasteiger partial charge >= 0.3 is 5.69 Å². The van der Waals surface area contributed by atoms with Crippen LogP contribution in [-0.2, 0) is 29.9 Å². The maximum atomic E-state index is 12.6. The van der Waals surface area contributed by atoms with E-state index in [2.05, 4.69) is 4.98 Å². The fourth-order valence-corrected chi connectivity index (χ4v) is 4.82. The van der Waals surface area contributed by atoms with E-state index in [0.717, 1.165) is 60.6 Å². The van der Waals surface area contributed by atoms with Crippen LogP contribution in [0.2, 0.25) is 0 Å². The van der Waals surface area contributed by atoms with E-state index in [1.54, 1.807) is 16.7 Å². The molecule has 2 aliphatic rings. The lowest BCUT2D eigenvalue weighted by atomic mass is 10.2. The Labute approximate surface area is 160 Å². The lowest BCUT2D eigenvalue weighted by Gasteiger charge is -2.17. The average Bonchev–Trinajstić information content (AvgIpc) is 3.34. The Balaban J connectivity index is 1.56. The van der Waals surface area contributed by atoms with Crippen LogP contribution in [0.1, 0.15) is 36.1 Å². The lowest BCUT2D eigenvalue weighted by Crippen LogP contribution is -2.31. The molecule has 8 heteroatoms. The van der Waals surface area contributed by atoms with E-state index in [4.69, 9.17) is 4.74 Å². The Morgan fingerprint density at radius 3 is 3.00 bits per heavy atom. The van der Waals surface area contributed by atoms with E-state index in [1.165, 1.54) is 17.8 Å². The summed E-state index contributed by atoms with van der Waals surface area (Å²) in [5.74, 6) is 0.552. The Bertz CT molecular complexity index is 922. The van der Waals surface area contributed by atoms with Gasteiger partial charge in [0.25, 0.3) is 5.69 Å². The second-order valence-electron chi connectivity index (χ2n) is 6.94. The van der Waals surface area contributed by atoms with Gasteiger partial charge in [-0.25, -0.2) is 4.79 Å². The Morgan fingerprint density at radius 2 is 2.22 bits per heavy atom. The fraction of sp³-hybridized carbons (Fsp3) is 0.474. The van der Waals surface area contributed by atoms with Crippen molar-refractivity contribution in [2.24, 2.45) is 0 Å². The van der Waals surface area contributed by atoms with Crippen molar-refractivity contribution in [1.82, 2.24) is 9.55 Å². The number of ether oxygens (including phenoxy) is 1. The summed E-state index contributed by atoms with van der Waals surface area (Å²) in [5.41, 5.74) is 2.97. The number of hydrogen-bond acceptors (Lipinski definition) is 6. The topological polar surface area (TPSA) is 87.3 Å². The Morgan fingerprint density at radius 1 is 1.33 bits per heavy atom. The molecule has 1 aromatic carbocycles. The Hall–Kier alpha value is -2.19. The van der Waals surface area contributed by atoms with Gasteiger partial charge in [0.2, 0.25) is 0 Å². The predicted molar refractivity (Wildman–Crippen MR) is 102 cm³/mol. The number of nitro benzene ring substituents is 1. The number of rotatable bonds is 6. The van der Waals surface area contributed by atoms with Gasteiger partial charge in [0.05, 0.1) is 17.6 Å². The van der Waals surface area contributed by atoms with Gasteiger partial charge in [-0.1, -0.05) is 12.1 Å². The maximum absolute atomic E-state index is 12.6. The van der Waals surface area contributed by atoms with Gasteiger partial charge < -0.3 is 4.74 Å². The van der Waals surface area contributed by atoms with Crippen LogP contribution in [0.25, 0.3) is 0 Å². The summed E-state index contributed by atoms with van der Waals surface area (Å²) in [6.45, 7) is 1.36. The van der Waals surface area contributed by atoms with Gasteiger partial charge in [-0.15, -0.1) is 11.8 Å². The predicted octanol–water partition coefficient (Wildman–Crippen LogP) is 3.11. The number of fused-ring (bicyclic) bond motifs is 1. The normalized spacial score (nSPS) is 18.6. The van der Waals surface area contributed by atoms with Crippen molar-refractivity contribution >= 4 is 17.4 Å². The zero-order chi connectivity index (χ0) is 18.8. The average molecular weight is 387 g/mol. The molecule has 1 atom stereocenters. The molecule has 7 nitrogen and oxygen atoms in total. The number of nitro groups is 1. The highest BCUT2D eigenvalue weighted by Crippen LogP contribution is 2.32. The molecule has 0 saturated carbocycles. The van der Waals surface area contributed by atoms with Crippen molar-refractivity contribution in [3.8, 4) is 0 Å². The maximum Gasteiger partial charge on any atom is 0.348 e. The van der Waals surface area contributed by atoms with E-state index in [9.17, 15) is 14.9 Å². The molecule has 0 unspecified atom stereocenters. The molecule has 1 saturated heterocycles. The van der Waals surface area contributed by atoms with E-state index < -0.39 is 4.92 Å². The van der Waals surface area contributed by atoms with Crippen LogP contribution in [0.3, 0.4) is 0 Å². The first kappa shape index (κ1) is 18.2. The molecular formula is C19H21N3O4S. The van der Waals surface area contributed by atoms with Crippen molar-refractivity contribution in [2.45, 2.75) is 55.5 Å². The summed E-state index contributed by atoms with van der Waals surface area (Å²) in [6.07, 6.45) is 4.99. The number of benzene rings is 1. The smallest absolute Gasteiger partial charge is 0.348 e. The number of hydrogen-bond donors (Lipinski definition) is 0. The van der Waals surface area contributed by atoms with Gasteiger partial charge in [0.15, 0.2) is 0 Å². The van der Waals surface area contributed by atoms with E-state index in [0.29, 0.717) is 12.3 Å². The second-order valence-corrected chi connectivity index (χ2v) is 7.90. The molecule has 2 heterocycles. The monoisotopic (exact) mass is 387 g/mol. The van der Waals surface area contributed by atoms with Crippen LogP contribution in [0.15, 0.2) is 34.1 Å². The molecule has 1 aromatic heterocycles. The van der Waals surface area contributed by atoms with Crippen LogP contribution in [0.4, 0.5) is 5.69 Å². The van der Waals surface area contributed by atoms with Gasteiger partial charge in [-0.05, 0) is 37.7 Å². The highest BCUT2D eigenvalue weighted by Gasteiger charge is 2.25. The third-order valence-electron chi connectivity index (χ3n) is 5.11. The summed E-state index contributed by atoms with van der Waals surface area (Å²) < 4.78 is 7.49. The van der Waals surface area contributed by atoms with Crippen LogP contribution in [0, 0.1) is 10.1 Å². The summed E-state index contributed by atoms with van der Waals surface area (Å²) in [5, 5.41) is 11.7. The number of nitrogens with zero attached hydrogens (tertiary/aromatic N) is 3. The van der Waals surface area contributed by atoms with E-state index in [-0.39, 0.29) is 17.5 Å². The highest BCUT2D eigenvalue weighted by atomic mass is 32.2. The summed E-state index contributed by atoms with van der Waals surface area (Å²) in [6, 6.07) is 6.60. The molecule has 1 fully saturated rings. The summed E-state index contributed by atoms with van der Waals surface area (Å²) >= 11 is 1.49. The van der Waals surface area contributed by atoms with Crippen molar-refractivity contribution in [1.29, 1.82) is 0 Å². The molecule has 0 amide bonds. The minimum Gasteiger partial charge on any atom is -0.376 e. The van der Waals surface area contributed by atoms with Crippen molar-refractivity contribution in [3.63, 3.8) is 0 Å². The molecule has 1 aliphatic carbocycles. The highest BCUT2D eigenvalue weighted by molar-refractivity contribution is 7.98. The van der Waals surface area contributed by atoms with Crippen molar-refractivity contribution < 1.29 is 9.66 Å². The SMILES string of the molecule is O=c1nc(SCc2cccc([N+](=O)[O-])c2)c2c(n1C[C@@H]1CCCO1)CCC2. The number of non-ortho nitro benzene ring substituents is 1. The van der Waals surface area contributed by atoms with Crippen LogP contribution in [-0.4, -0.2) is 27.2 Å². The molecular weight excluding hydrogens is 366 g/mol. The molecule has 0 radical (unpaired) electrons.